The monoisotopic (exact) mass is 366 g/mol. The second kappa shape index (κ2) is 7.39. The minimum atomic E-state index is -2.66. The lowest BCUT2D eigenvalue weighted by Gasteiger charge is -2.06. The lowest BCUT2D eigenvalue weighted by atomic mass is 10.2. The van der Waals surface area contributed by atoms with Crippen molar-refractivity contribution in [2.24, 2.45) is 0 Å². The molecule has 0 bridgehead atoms. The molecular weight excluding hydrogens is 354 g/mol. The smallest absolute Gasteiger partial charge is 0.265 e. The SMILES string of the molecule is COc1cnc(NCc2cn(-c3ccc(Cl)c(C(F)F)c3)nn2)nc1. The van der Waals surface area contributed by atoms with Crippen LogP contribution in [0.1, 0.15) is 17.7 Å². The van der Waals surface area contributed by atoms with E-state index >= 15 is 0 Å². The molecule has 0 aliphatic heterocycles. The van der Waals surface area contributed by atoms with E-state index < -0.39 is 6.43 Å². The molecule has 1 aromatic carbocycles. The Hall–Kier alpha value is -2.81. The van der Waals surface area contributed by atoms with E-state index in [0.29, 0.717) is 29.6 Å². The number of halogens is 3. The fraction of sp³-hybridized carbons (Fsp3) is 0.200. The van der Waals surface area contributed by atoms with Gasteiger partial charge >= 0.3 is 0 Å². The predicted molar refractivity (Wildman–Crippen MR) is 87.2 cm³/mol. The number of methoxy groups -OCH3 is 1. The van der Waals surface area contributed by atoms with Crippen molar-refractivity contribution < 1.29 is 13.5 Å². The van der Waals surface area contributed by atoms with E-state index in [9.17, 15) is 8.78 Å². The molecule has 7 nitrogen and oxygen atoms in total. The maximum absolute atomic E-state index is 12.9. The molecule has 0 fully saturated rings. The summed E-state index contributed by atoms with van der Waals surface area (Å²) in [5.74, 6) is 0.955. The van der Waals surface area contributed by atoms with E-state index in [1.165, 1.54) is 36.3 Å². The summed E-state index contributed by atoms with van der Waals surface area (Å²) in [7, 11) is 1.53. The number of alkyl halides is 2. The van der Waals surface area contributed by atoms with Crippen molar-refractivity contribution in [2.45, 2.75) is 13.0 Å². The van der Waals surface area contributed by atoms with Gasteiger partial charge in [-0.15, -0.1) is 5.10 Å². The van der Waals surface area contributed by atoms with Crippen LogP contribution >= 0.6 is 11.6 Å². The summed E-state index contributed by atoms with van der Waals surface area (Å²) in [6, 6.07) is 4.28. The van der Waals surface area contributed by atoms with Gasteiger partial charge in [-0.25, -0.2) is 23.4 Å². The van der Waals surface area contributed by atoms with Crippen molar-refractivity contribution in [3.8, 4) is 11.4 Å². The molecule has 0 aliphatic carbocycles. The Morgan fingerprint density at radius 2 is 2.04 bits per heavy atom. The van der Waals surface area contributed by atoms with Crippen LogP contribution in [0.15, 0.2) is 36.8 Å². The second-order valence-electron chi connectivity index (χ2n) is 4.96. The number of hydrogen-bond donors (Lipinski definition) is 1. The molecule has 1 N–H and O–H groups in total. The van der Waals surface area contributed by atoms with Crippen LogP contribution in [0, 0.1) is 0 Å². The molecule has 2 aromatic heterocycles. The largest absolute Gasteiger partial charge is 0.494 e. The first-order valence-electron chi connectivity index (χ1n) is 7.16. The zero-order valence-corrected chi connectivity index (χ0v) is 13.8. The highest BCUT2D eigenvalue weighted by molar-refractivity contribution is 6.31. The van der Waals surface area contributed by atoms with Crippen molar-refractivity contribution >= 4 is 17.5 Å². The number of benzene rings is 1. The summed E-state index contributed by atoms with van der Waals surface area (Å²) in [6.07, 6.45) is 2.02. The normalized spacial score (nSPS) is 10.9. The third kappa shape index (κ3) is 4.00. The Labute approximate surface area is 146 Å². The van der Waals surface area contributed by atoms with Gasteiger partial charge in [0.05, 0.1) is 37.9 Å². The van der Waals surface area contributed by atoms with Crippen LogP contribution in [-0.2, 0) is 6.54 Å². The van der Waals surface area contributed by atoms with Crippen LogP contribution in [0.2, 0.25) is 5.02 Å². The molecule has 3 rings (SSSR count). The summed E-state index contributed by atoms with van der Waals surface area (Å²) < 4.78 is 32.2. The molecule has 0 saturated heterocycles. The van der Waals surface area contributed by atoms with E-state index in [1.807, 2.05) is 0 Å². The molecule has 0 amide bonds. The number of rotatable bonds is 6. The standard InChI is InChI=1S/C15H13ClF2N6O/c1-25-11-6-20-15(21-7-11)19-5-9-8-24(23-22-9)10-2-3-13(16)12(4-10)14(17)18/h2-4,6-8,14H,5H2,1H3,(H,19,20,21). The summed E-state index contributed by atoms with van der Waals surface area (Å²) in [4.78, 5) is 8.14. The molecular formula is C15H13ClF2N6O. The van der Waals surface area contributed by atoms with Crippen molar-refractivity contribution in [1.82, 2.24) is 25.0 Å². The van der Waals surface area contributed by atoms with Crippen LogP contribution in [0.5, 0.6) is 5.75 Å². The first kappa shape index (κ1) is 17.0. The highest BCUT2D eigenvalue weighted by Crippen LogP contribution is 2.28. The van der Waals surface area contributed by atoms with Gasteiger partial charge in [0.2, 0.25) is 5.95 Å². The topological polar surface area (TPSA) is 77.8 Å². The number of nitrogens with zero attached hydrogens (tertiary/aromatic N) is 5. The van der Waals surface area contributed by atoms with Crippen molar-refractivity contribution in [3.05, 3.63) is 53.1 Å². The minimum absolute atomic E-state index is 0.0115. The highest BCUT2D eigenvalue weighted by atomic mass is 35.5. The Balaban J connectivity index is 1.70. The minimum Gasteiger partial charge on any atom is -0.494 e. The zero-order valence-electron chi connectivity index (χ0n) is 13.0. The molecule has 25 heavy (non-hydrogen) atoms. The maximum Gasteiger partial charge on any atom is 0.265 e. The summed E-state index contributed by atoms with van der Waals surface area (Å²) in [5.41, 5.74) is 0.785. The highest BCUT2D eigenvalue weighted by Gasteiger charge is 2.14. The lowest BCUT2D eigenvalue weighted by Crippen LogP contribution is -2.03. The van der Waals surface area contributed by atoms with Gasteiger partial charge in [0, 0.05) is 10.6 Å². The van der Waals surface area contributed by atoms with E-state index in [4.69, 9.17) is 16.3 Å². The van der Waals surface area contributed by atoms with Crippen LogP contribution in [0.4, 0.5) is 14.7 Å². The van der Waals surface area contributed by atoms with Gasteiger partial charge in [-0.3, -0.25) is 0 Å². The molecule has 0 aliphatic rings. The van der Waals surface area contributed by atoms with Crippen LogP contribution in [0.25, 0.3) is 5.69 Å². The van der Waals surface area contributed by atoms with Gasteiger partial charge in [0.15, 0.2) is 5.75 Å². The lowest BCUT2D eigenvalue weighted by molar-refractivity contribution is 0.151. The van der Waals surface area contributed by atoms with Crippen LogP contribution in [0.3, 0.4) is 0 Å². The second-order valence-corrected chi connectivity index (χ2v) is 5.37. The molecule has 0 unspecified atom stereocenters. The Morgan fingerprint density at radius 1 is 1.28 bits per heavy atom. The quantitative estimate of drug-likeness (QED) is 0.721. The summed E-state index contributed by atoms with van der Waals surface area (Å²) in [5, 5.41) is 10.9. The molecule has 2 heterocycles. The summed E-state index contributed by atoms with van der Waals surface area (Å²) >= 11 is 5.76. The summed E-state index contributed by atoms with van der Waals surface area (Å²) in [6.45, 7) is 0.321. The van der Waals surface area contributed by atoms with Gasteiger partial charge in [0.1, 0.15) is 5.69 Å². The van der Waals surface area contributed by atoms with Crippen molar-refractivity contribution in [1.29, 1.82) is 0 Å². The molecule has 130 valence electrons. The number of nitrogens with one attached hydrogen (secondary N) is 1. The first-order valence-corrected chi connectivity index (χ1v) is 7.53. The van der Waals surface area contributed by atoms with Gasteiger partial charge in [0.25, 0.3) is 6.43 Å². The molecule has 0 saturated carbocycles. The fourth-order valence-corrected chi connectivity index (χ4v) is 2.23. The molecule has 0 atom stereocenters. The Kier molecular flexibility index (Phi) is 5.03. The van der Waals surface area contributed by atoms with Crippen LogP contribution in [-0.4, -0.2) is 32.1 Å². The average molecular weight is 367 g/mol. The van der Waals surface area contributed by atoms with E-state index in [-0.39, 0.29) is 10.6 Å². The van der Waals surface area contributed by atoms with Crippen molar-refractivity contribution in [2.75, 3.05) is 12.4 Å². The van der Waals surface area contributed by atoms with Crippen molar-refractivity contribution in [3.63, 3.8) is 0 Å². The van der Waals surface area contributed by atoms with E-state index in [2.05, 4.69) is 25.6 Å². The number of hydrogen-bond acceptors (Lipinski definition) is 6. The molecule has 10 heteroatoms. The number of aromatic nitrogens is 5. The van der Waals surface area contributed by atoms with Gasteiger partial charge < -0.3 is 10.1 Å². The molecule has 0 spiro atoms. The van der Waals surface area contributed by atoms with Gasteiger partial charge in [-0.05, 0) is 18.2 Å². The Morgan fingerprint density at radius 3 is 2.72 bits per heavy atom. The van der Waals surface area contributed by atoms with E-state index in [1.54, 1.807) is 12.3 Å². The van der Waals surface area contributed by atoms with Gasteiger partial charge in [-0.2, -0.15) is 0 Å². The zero-order chi connectivity index (χ0) is 17.8. The third-order valence-corrected chi connectivity index (χ3v) is 3.66. The number of ether oxygens (including phenoxy) is 1. The maximum atomic E-state index is 12.9. The van der Waals surface area contributed by atoms with E-state index in [0.717, 1.165) is 0 Å². The molecule has 0 radical (unpaired) electrons. The van der Waals surface area contributed by atoms with Crippen LogP contribution < -0.4 is 10.1 Å². The Bertz CT molecular complexity index is 855. The van der Waals surface area contributed by atoms with Gasteiger partial charge in [-0.1, -0.05) is 16.8 Å². The third-order valence-electron chi connectivity index (χ3n) is 3.31. The fourth-order valence-electron chi connectivity index (χ4n) is 2.03. The first-order chi connectivity index (χ1) is 12.1. The average Bonchev–Trinajstić information content (AvgIpc) is 3.09. The number of anilines is 1. The predicted octanol–water partition coefficient (Wildman–Crippen LogP) is 3.27. The molecule has 3 aromatic rings.